The van der Waals surface area contributed by atoms with E-state index in [0.29, 0.717) is 24.8 Å². The van der Waals surface area contributed by atoms with Crippen LogP contribution in [0, 0.1) is 5.41 Å². The van der Waals surface area contributed by atoms with Crippen molar-refractivity contribution in [3.05, 3.63) is 54.9 Å². The Morgan fingerprint density at radius 1 is 1.07 bits per heavy atom. The van der Waals surface area contributed by atoms with Gasteiger partial charge in [0.15, 0.2) is 0 Å². The van der Waals surface area contributed by atoms with Crippen molar-refractivity contribution in [3.8, 4) is 11.4 Å². The van der Waals surface area contributed by atoms with Crippen molar-refractivity contribution < 1.29 is 12.9 Å². The monoisotopic (exact) mass is 397 g/mol. The van der Waals surface area contributed by atoms with E-state index >= 15 is 0 Å². The second-order valence-electron chi connectivity index (χ2n) is 7.41. The third kappa shape index (κ3) is 2.91. The molecule has 144 valence electrons. The molecule has 1 spiro atoms. The van der Waals surface area contributed by atoms with E-state index in [-0.39, 0.29) is 16.2 Å². The maximum Gasteiger partial charge on any atom is 0.244 e. The van der Waals surface area contributed by atoms with Crippen molar-refractivity contribution in [2.24, 2.45) is 5.41 Å². The van der Waals surface area contributed by atoms with Crippen molar-refractivity contribution >= 4 is 10.0 Å². The molecule has 0 amide bonds. The molecule has 0 aromatic carbocycles. The molecule has 0 radical (unpaired) electrons. The second kappa shape index (κ2) is 6.46. The third-order valence-corrected chi connectivity index (χ3v) is 7.72. The SMILES string of the molecule is O=S(=O)(c1cccnc1)N1CCC2(CC1)CC2c1nc(-c2cccnc2)no1. The van der Waals surface area contributed by atoms with Crippen LogP contribution in [-0.4, -0.2) is 45.9 Å². The first kappa shape index (κ1) is 17.4. The smallest absolute Gasteiger partial charge is 0.244 e. The Hall–Kier alpha value is -2.65. The van der Waals surface area contributed by atoms with Crippen LogP contribution in [0.1, 0.15) is 31.1 Å². The second-order valence-corrected chi connectivity index (χ2v) is 9.35. The zero-order chi connectivity index (χ0) is 19.2. The molecule has 2 aliphatic rings. The van der Waals surface area contributed by atoms with Gasteiger partial charge in [0.1, 0.15) is 4.90 Å². The van der Waals surface area contributed by atoms with Crippen LogP contribution in [0.25, 0.3) is 11.4 Å². The Morgan fingerprint density at radius 2 is 1.82 bits per heavy atom. The zero-order valence-corrected chi connectivity index (χ0v) is 15.9. The number of hydrogen-bond acceptors (Lipinski definition) is 7. The van der Waals surface area contributed by atoms with Gasteiger partial charge in [-0.2, -0.15) is 9.29 Å². The van der Waals surface area contributed by atoms with Crippen LogP contribution in [0.5, 0.6) is 0 Å². The summed E-state index contributed by atoms with van der Waals surface area (Å²) >= 11 is 0. The highest BCUT2D eigenvalue weighted by atomic mass is 32.2. The average Bonchev–Trinajstić information content (AvgIpc) is 3.21. The molecule has 5 rings (SSSR count). The Morgan fingerprint density at radius 3 is 2.50 bits per heavy atom. The van der Waals surface area contributed by atoms with Gasteiger partial charge < -0.3 is 4.52 Å². The number of hydrogen-bond donors (Lipinski definition) is 0. The fraction of sp³-hybridized carbons (Fsp3) is 0.368. The lowest BCUT2D eigenvalue weighted by Crippen LogP contribution is -2.39. The van der Waals surface area contributed by atoms with Crippen LogP contribution in [0.15, 0.2) is 58.5 Å². The summed E-state index contributed by atoms with van der Waals surface area (Å²) in [6, 6.07) is 6.96. The topological polar surface area (TPSA) is 102 Å². The number of nitrogens with zero attached hydrogens (tertiary/aromatic N) is 5. The molecule has 2 fully saturated rings. The van der Waals surface area contributed by atoms with E-state index in [1.54, 1.807) is 35.0 Å². The molecule has 9 heteroatoms. The Bertz CT molecular complexity index is 1080. The Kier molecular flexibility index (Phi) is 4.02. The molecule has 0 N–H and O–H groups in total. The largest absolute Gasteiger partial charge is 0.339 e. The first-order valence-electron chi connectivity index (χ1n) is 9.23. The van der Waals surface area contributed by atoms with Crippen molar-refractivity contribution in [1.29, 1.82) is 0 Å². The van der Waals surface area contributed by atoms with Crippen LogP contribution in [0.4, 0.5) is 0 Å². The summed E-state index contributed by atoms with van der Waals surface area (Å²) in [6.45, 7) is 0.995. The summed E-state index contributed by atoms with van der Waals surface area (Å²) in [5, 5.41) is 4.08. The molecule has 3 aromatic heterocycles. The van der Waals surface area contributed by atoms with Gasteiger partial charge >= 0.3 is 0 Å². The van der Waals surface area contributed by atoms with Crippen molar-refractivity contribution in [3.63, 3.8) is 0 Å². The van der Waals surface area contributed by atoms with Crippen LogP contribution in [-0.2, 0) is 10.0 Å². The highest BCUT2D eigenvalue weighted by Crippen LogP contribution is 2.64. The molecule has 4 heterocycles. The van der Waals surface area contributed by atoms with Crippen LogP contribution < -0.4 is 0 Å². The fourth-order valence-corrected chi connectivity index (χ4v) is 5.47. The van der Waals surface area contributed by atoms with Crippen molar-refractivity contribution in [2.45, 2.75) is 30.1 Å². The summed E-state index contributed by atoms with van der Waals surface area (Å²) in [4.78, 5) is 12.8. The molecular weight excluding hydrogens is 378 g/mol. The van der Waals surface area contributed by atoms with E-state index in [1.807, 2.05) is 12.1 Å². The highest BCUT2D eigenvalue weighted by molar-refractivity contribution is 7.89. The highest BCUT2D eigenvalue weighted by Gasteiger charge is 2.59. The summed E-state index contributed by atoms with van der Waals surface area (Å²) in [5.41, 5.74) is 0.893. The predicted octanol–water partition coefficient (Wildman–Crippen LogP) is 2.49. The van der Waals surface area contributed by atoms with Crippen LogP contribution in [0.2, 0.25) is 0 Å². The molecule has 3 aromatic rings. The zero-order valence-electron chi connectivity index (χ0n) is 15.1. The molecule has 0 bridgehead atoms. The van der Waals surface area contributed by atoms with Gasteiger partial charge in [-0.25, -0.2) is 8.42 Å². The number of rotatable bonds is 4. The Balaban J connectivity index is 1.28. The summed E-state index contributed by atoms with van der Waals surface area (Å²) in [7, 11) is -3.49. The van der Waals surface area contributed by atoms with Gasteiger partial charge in [0, 0.05) is 49.4 Å². The lowest BCUT2D eigenvalue weighted by molar-refractivity contribution is 0.242. The molecule has 8 nitrogen and oxygen atoms in total. The number of pyridine rings is 2. The standard InChI is InChI=1S/C19H19N5O3S/c25-28(26,15-4-2-8-21-13-15)24-9-5-19(6-10-24)11-16(19)18-22-17(23-27-18)14-3-1-7-20-12-14/h1-4,7-8,12-13,16H,5-6,9-11H2. The van der Waals surface area contributed by atoms with Crippen molar-refractivity contribution in [2.75, 3.05) is 13.1 Å². The number of aromatic nitrogens is 4. The lowest BCUT2D eigenvalue weighted by atomic mass is 9.92. The minimum Gasteiger partial charge on any atom is -0.339 e. The summed E-state index contributed by atoms with van der Waals surface area (Å²) in [5.74, 6) is 1.39. The van der Waals surface area contributed by atoms with Gasteiger partial charge in [0.05, 0.1) is 0 Å². The van der Waals surface area contributed by atoms with Crippen molar-refractivity contribution in [1.82, 2.24) is 24.4 Å². The summed E-state index contributed by atoms with van der Waals surface area (Å²) in [6.07, 6.45) is 8.93. The third-order valence-electron chi connectivity index (χ3n) is 5.84. The van der Waals surface area contributed by atoms with E-state index in [9.17, 15) is 8.42 Å². The average molecular weight is 397 g/mol. The van der Waals surface area contributed by atoms with E-state index in [0.717, 1.165) is 24.8 Å². The molecule has 1 saturated heterocycles. The molecule has 1 atom stereocenters. The minimum atomic E-state index is -3.49. The lowest BCUT2D eigenvalue weighted by Gasteiger charge is -2.31. The first-order valence-corrected chi connectivity index (χ1v) is 10.7. The normalized spacial score (nSPS) is 21.6. The number of sulfonamides is 1. The predicted molar refractivity (Wildman–Crippen MR) is 99.5 cm³/mol. The maximum absolute atomic E-state index is 12.8. The van der Waals surface area contributed by atoms with Gasteiger partial charge in [-0.15, -0.1) is 0 Å². The molecular formula is C19H19N5O3S. The minimum absolute atomic E-state index is 0.0691. The maximum atomic E-state index is 12.8. The van der Waals surface area contributed by atoms with Crippen LogP contribution >= 0.6 is 0 Å². The fourth-order valence-electron chi connectivity index (χ4n) is 4.06. The molecule has 28 heavy (non-hydrogen) atoms. The van der Waals surface area contributed by atoms with Gasteiger partial charge in [0.25, 0.3) is 0 Å². The molecule has 1 aliphatic carbocycles. The number of piperidine rings is 1. The van der Waals surface area contributed by atoms with Gasteiger partial charge in [-0.1, -0.05) is 5.16 Å². The van der Waals surface area contributed by atoms with E-state index in [2.05, 4.69) is 20.1 Å². The van der Waals surface area contributed by atoms with E-state index < -0.39 is 10.0 Å². The van der Waals surface area contributed by atoms with Gasteiger partial charge in [0.2, 0.25) is 21.7 Å². The van der Waals surface area contributed by atoms with E-state index in [1.165, 1.54) is 6.20 Å². The summed E-state index contributed by atoms with van der Waals surface area (Å²) < 4.78 is 32.6. The van der Waals surface area contributed by atoms with E-state index in [4.69, 9.17) is 4.52 Å². The quantitative estimate of drug-likeness (QED) is 0.666. The van der Waals surface area contributed by atoms with Gasteiger partial charge in [-0.05, 0) is 48.9 Å². The van der Waals surface area contributed by atoms with Gasteiger partial charge in [-0.3, -0.25) is 9.97 Å². The first-order chi connectivity index (χ1) is 13.6. The Labute approximate surface area is 162 Å². The molecule has 1 aliphatic heterocycles. The van der Waals surface area contributed by atoms with Crippen LogP contribution in [0.3, 0.4) is 0 Å². The molecule has 1 unspecified atom stereocenters. The molecule has 1 saturated carbocycles.